The van der Waals surface area contributed by atoms with Crippen molar-refractivity contribution in [1.82, 2.24) is 25.5 Å². The van der Waals surface area contributed by atoms with Crippen molar-refractivity contribution in [2.75, 3.05) is 0 Å². The van der Waals surface area contributed by atoms with Gasteiger partial charge in [-0.2, -0.15) is 0 Å². The smallest absolute Gasteiger partial charge is 0.256 e. The lowest BCUT2D eigenvalue weighted by molar-refractivity contribution is -0.131. The van der Waals surface area contributed by atoms with Crippen LogP contribution in [-0.4, -0.2) is 42.8 Å². The van der Waals surface area contributed by atoms with E-state index in [1.165, 1.54) is 0 Å². The van der Waals surface area contributed by atoms with Gasteiger partial charge >= 0.3 is 0 Å². The molecule has 164 valence electrons. The van der Waals surface area contributed by atoms with Crippen LogP contribution in [0.3, 0.4) is 0 Å². The van der Waals surface area contributed by atoms with Crippen molar-refractivity contribution in [1.29, 1.82) is 0 Å². The van der Waals surface area contributed by atoms with E-state index in [9.17, 15) is 4.79 Å². The molecular weight excluding hydrogens is 400 g/mol. The zero-order chi connectivity index (χ0) is 22.1. The number of carbonyl (C=O) groups is 1. The number of H-pyrrole nitrogens is 1. The number of hydrogen-bond acceptors (Lipinski definition) is 5. The Morgan fingerprint density at radius 1 is 1.06 bits per heavy atom. The largest absolute Gasteiger partial charge is 0.294 e. The number of aromatic nitrogens is 4. The van der Waals surface area contributed by atoms with E-state index in [1.807, 2.05) is 23.1 Å². The van der Waals surface area contributed by atoms with Gasteiger partial charge in [0.25, 0.3) is 5.91 Å². The molecule has 1 spiro atoms. The SMILES string of the molecule is CCC(C)C1=NC2(CCCC2)C(=O)N1Cc1ccc(-c2ccccc2-c2nnn[nH]2)cc1. The Hall–Kier alpha value is -3.35. The van der Waals surface area contributed by atoms with Gasteiger partial charge in [0.05, 0.1) is 6.54 Å². The average molecular weight is 429 g/mol. The molecule has 1 aliphatic carbocycles. The molecule has 1 atom stereocenters. The van der Waals surface area contributed by atoms with E-state index in [0.29, 0.717) is 12.4 Å². The van der Waals surface area contributed by atoms with E-state index < -0.39 is 5.54 Å². The third-order valence-corrected chi connectivity index (χ3v) is 6.87. The van der Waals surface area contributed by atoms with Crippen molar-refractivity contribution < 1.29 is 4.79 Å². The highest BCUT2D eigenvalue weighted by Gasteiger charge is 2.50. The average Bonchev–Trinajstić information content (AvgIpc) is 3.58. The topological polar surface area (TPSA) is 87.1 Å². The van der Waals surface area contributed by atoms with Crippen LogP contribution in [0.25, 0.3) is 22.5 Å². The highest BCUT2D eigenvalue weighted by Crippen LogP contribution is 2.41. The first-order chi connectivity index (χ1) is 15.6. The number of amidine groups is 1. The van der Waals surface area contributed by atoms with Gasteiger partial charge in [-0.15, -0.1) is 5.10 Å². The number of amides is 1. The monoisotopic (exact) mass is 428 g/mol. The van der Waals surface area contributed by atoms with Gasteiger partial charge in [-0.1, -0.05) is 75.2 Å². The molecule has 32 heavy (non-hydrogen) atoms. The maximum atomic E-state index is 13.4. The van der Waals surface area contributed by atoms with Gasteiger partial charge in [0.1, 0.15) is 11.4 Å². The highest BCUT2D eigenvalue weighted by molar-refractivity contribution is 6.09. The third kappa shape index (κ3) is 3.51. The van der Waals surface area contributed by atoms with Crippen LogP contribution in [0.15, 0.2) is 53.5 Å². The fraction of sp³-hybridized carbons (Fsp3) is 0.400. The van der Waals surface area contributed by atoms with Crippen LogP contribution in [0.4, 0.5) is 0 Å². The van der Waals surface area contributed by atoms with Gasteiger partial charge in [0.15, 0.2) is 5.82 Å². The first-order valence-electron chi connectivity index (χ1n) is 11.5. The quantitative estimate of drug-likeness (QED) is 0.620. The molecule has 0 saturated heterocycles. The van der Waals surface area contributed by atoms with Gasteiger partial charge in [0.2, 0.25) is 0 Å². The van der Waals surface area contributed by atoms with Crippen LogP contribution >= 0.6 is 0 Å². The Balaban J connectivity index is 1.41. The van der Waals surface area contributed by atoms with Gasteiger partial charge in [-0.05, 0) is 46.4 Å². The minimum Gasteiger partial charge on any atom is -0.294 e. The first kappa shape index (κ1) is 20.5. The maximum Gasteiger partial charge on any atom is 0.256 e. The molecule has 7 heteroatoms. The van der Waals surface area contributed by atoms with E-state index in [0.717, 1.165) is 60.2 Å². The van der Waals surface area contributed by atoms with Gasteiger partial charge in [0, 0.05) is 11.5 Å². The lowest BCUT2D eigenvalue weighted by atomic mass is 9.97. The normalized spacial score (nSPS) is 18.4. The third-order valence-electron chi connectivity index (χ3n) is 6.87. The second kappa shape index (κ2) is 8.30. The molecule has 5 rings (SSSR count). The predicted octanol–water partition coefficient (Wildman–Crippen LogP) is 4.63. The summed E-state index contributed by atoms with van der Waals surface area (Å²) in [5, 5.41) is 14.3. The molecule has 1 aliphatic heterocycles. The van der Waals surface area contributed by atoms with Crippen LogP contribution < -0.4 is 0 Å². The molecule has 2 aliphatic rings. The molecule has 1 fully saturated rings. The van der Waals surface area contributed by atoms with Gasteiger partial charge in [-0.25, -0.2) is 5.10 Å². The van der Waals surface area contributed by atoms with Crippen molar-refractivity contribution in [3.63, 3.8) is 0 Å². The second-order valence-electron chi connectivity index (χ2n) is 8.90. The van der Waals surface area contributed by atoms with Crippen LogP contribution in [-0.2, 0) is 11.3 Å². The number of carbonyl (C=O) groups excluding carboxylic acids is 1. The zero-order valence-electron chi connectivity index (χ0n) is 18.6. The van der Waals surface area contributed by atoms with Crippen molar-refractivity contribution in [2.24, 2.45) is 10.9 Å². The lowest BCUT2D eigenvalue weighted by Crippen LogP contribution is -2.41. The van der Waals surface area contributed by atoms with Crippen molar-refractivity contribution in [3.05, 3.63) is 54.1 Å². The maximum absolute atomic E-state index is 13.4. The number of tetrazole rings is 1. The molecule has 0 radical (unpaired) electrons. The van der Waals surface area contributed by atoms with Crippen LogP contribution in [0.2, 0.25) is 0 Å². The van der Waals surface area contributed by atoms with Crippen molar-refractivity contribution in [2.45, 2.75) is 58.0 Å². The number of benzene rings is 2. The summed E-state index contributed by atoms with van der Waals surface area (Å²) >= 11 is 0. The summed E-state index contributed by atoms with van der Waals surface area (Å²) in [6, 6.07) is 16.5. The van der Waals surface area contributed by atoms with Gasteiger partial charge in [-0.3, -0.25) is 14.7 Å². The van der Waals surface area contributed by atoms with Crippen LogP contribution in [0.1, 0.15) is 51.5 Å². The number of nitrogens with one attached hydrogen (secondary N) is 1. The second-order valence-corrected chi connectivity index (χ2v) is 8.90. The molecule has 1 unspecified atom stereocenters. The van der Waals surface area contributed by atoms with E-state index in [1.54, 1.807) is 0 Å². The number of aromatic amines is 1. The first-order valence-corrected chi connectivity index (χ1v) is 11.5. The highest BCUT2D eigenvalue weighted by atomic mass is 16.2. The molecule has 1 amide bonds. The van der Waals surface area contributed by atoms with E-state index in [-0.39, 0.29) is 11.8 Å². The number of hydrogen-bond donors (Lipinski definition) is 1. The molecule has 2 heterocycles. The molecule has 1 N–H and O–H groups in total. The summed E-state index contributed by atoms with van der Waals surface area (Å²) in [4.78, 5) is 20.4. The Kier molecular flexibility index (Phi) is 5.33. The molecule has 1 saturated carbocycles. The summed E-state index contributed by atoms with van der Waals surface area (Å²) in [7, 11) is 0. The minimum absolute atomic E-state index is 0.192. The standard InChI is InChI=1S/C25H28N6O/c1-3-17(2)23-26-25(14-6-7-15-25)24(32)31(23)16-18-10-12-19(13-11-18)20-8-4-5-9-21(20)22-27-29-30-28-22/h4-5,8-13,17H,3,6-7,14-16H2,1-2H3,(H,27,28,29,30). The molecule has 1 aromatic heterocycles. The fourth-order valence-corrected chi connectivity index (χ4v) is 4.87. The Morgan fingerprint density at radius 2 is 1.78 bits per heavy atom. The van der Waals surface area contributed by atoms with Gasteiger partial charge < -0.3 is 0 Å². The molecule has 2 aromatic carbocycles. The molecule has 7 nitrogen and oxygen atoms in total. The number of nitrogens with zero attached hydrogens (tertiary/aromatic N) is 5. The van der Waals surface area contributed by atoms with Crippen LogP contribution in [0.5, 0.6) is 0 Å². The minimum atomic E-state index is -0.497. The van der Waals surface area contributed by atoms with E-state index >= 15 is 0 Å². The van der Waals surface area contributed by atoms with E-state index in [4.69, 9.17) is 4.99 Å². The number of rotatable bonds is 6. The van der Waals surface area contributed by atoms with Crippen molar-refractivity contribution in [3.8, 4) is 22.5 Å². The fourth-order valence-electron chi connectivity index (χ4n) is 4.87. The van der Waals surface area contributed by atoms with E-state index in [2.05, 4.69) is 64.8 Å². The summed E-state index contributed by atoms with van der Waals surface area (Å²) in [6.45, 7) is 4.90. The molecular formula is C25H28N6O. The summed E-state index contributed by atoms with van der Waals surface area (Å²) in [6.07, 6.45) is 4.92. The number of aliphatic imine (C=N–C) groups is 1. The Morgan fingerprint density at radius 3 is 2.44 bits per heavy atom. The lowest BCUT2D eigenvalue weighted by Gasteiger charge is -2.24. The Labute approximate surface area is 188 Å². The summed E-state index contributed by atoms with van der Waals surface area (Å²) < 4.78 is 0. The molecule has 0 bridgehead atoms. The summed E-state index contributed by atoms with van der Waals surface area (Å²) in [5.74, 6) is 2.08. The molecule has 3 aromatic rings. The van der Waals surface area contributed by atoms with Crippen LogP contribution in [0, 0.1) is 5.92 Å². The Bertz CT molecular complexity index is 1130. The predicted molar refractivity (Wildman–Crippen MR) is 124 cm³/mol. The van der Waals surface area contributed by atoms with Crippen molar-refractivity contribution >= 4 is 11.7 Å². The summed E-state index contributed by atoms with van der Waals surface area (Å²) in [5.41, 5.74) is 3.70. The zero-order valence-corrected chi connectivity index (χ0v) is 18.6.